The van der Waals surface area contributed by atoms with E-state index in [-0.39, 0.29) is 5.91 Å². The summed E-state index contributed by atoms with van der Waals surface area (Å²) in [5.41, 5.74) is -0.763. The lowest BCUT2D eigenvalue weighted by Crippen LogP contribution is -2.37. The first-order valence-corrected chi connectivity index (χ1v) is 8.23. The lowest BCUT2D eigenvalue weighted by molar-refractivity contribution is -0.148. The molecule has 0 bridgehead atoms. The van der Waals surface area contributed by atoms with Gasteiger partial charge in [0.25, 0.3) is 0 Å². The molecule has 0 saturated carbocycles. The summed E-state index contributed by atoms with van der Waals surface area (Å²) >= 11 is 7.26. The number of hydrogen-bond acceptors (Lipinski definition) is 3. The molecule has 21 heavy (non-hydrogen) atoms. The van der Waals surface area contributed by atoms with E-state index in [4.69, 9.17) is 11.6 Å². The van der Waals surface area contributed by atoms with Gasteiger partial charge in [-0.25, -0.2) is 0 Å². The molecule has 2 rings (SSSR count). The Morgan fingerprint density at radius 2 is 2.05 bits per heavy atom. The van der Waals surface area contributed by atoms with Crippen molar-refractivity contribution >= 4 is 35.2 Å². The Kier molecular flexibility index (Phi) is 5.17. The first kappa shape index (κ1) is 16.2. The fraction of sp³-hybridized carbons (Fsp3) is 0.467. The molecule has 0 aromatic heterocycles. The highest BCUT2D eigenvalue weighted by Gasteiger charge is 2.44. The van der Waals surface area contributed by atoms with Gasteiger partial charge in [0.15, 0.2) is 0 Å². The molecule has 4 nitrogen and oxygen atoms in total. The van der Waals surface area contributed by atoms with Gasteiger partial charge in [-0.3, -0.25) is 9.59 Å². The summed E-state index contributed by atoms with van der Waals surface area (Å²) in [5.74, 6) is -0.488. The Hall–Kier alpha value is -1.20. The van der Waals surface area contributed by atoms with Crippen molar-refractivity contribution in [1.82, 2.24) is 4.90 Å². The SMILES string of the molecule is CCC1(C(=O)O)CCN(C(=O)CSc2ccc(Cl)cc2)C1. The summed E-state index contributed by atoms with van der Waals surface area (Å²) in [7, 11) is 0. The quantitative estimate of drug-likeness (QED) is 0.844. The predicted molar refractivity (Wildman–Crippen MR) is 83.7 cm³/mol. The molecule has 6 heteroatoms. The van der Waals surface area contributed by atoms with Crippen LogP contribution in [0.15, 0.2) is 29.2 Å². The molecule has 1 aliphatic rings. The summed E-state index contributed by atoms with van der Waals surface area (Å²) in [4.78, 5) is 26.2. The van der Waals surface area contributed by atoms with Gasteiger partial charge in [-0.2, -0.15) is 0 Å². The largest absolute Gasteiger partial charge is 0.481 e. The van der Waals surface area contributed by atoms with Crippen molar-refractivity contribution in [3.8, 4) is 0 Å². The highest BCUT2D eigenvalue weighted by molar-refractivity contribution is 8.00. The third-order valence-corrected chi connectivity index (χ3v) is 5.26. The summed E-state index contributed by atoms with van der Waals surface area (Å²) in [5, 5.41) is 10.0. The number of thioether (sulfide) groups is 1. The van der Waals surface area contributed by atoms with Crippen LogP contribution in [-0.4, -0.2) is 40.7 Å². The van der Waals surface area contributed by atoms with Crippen LogP contribution in [0.2, 0.25) is 5.02 Å². The second-order valence-corrected chi connectivity index (χ2v) is 6.73. The molecule has 1 saturated heterocycles. The molecule has 1 aromatic carbocycles. The van der Waals surface area contributed by atoms with Crippen molar-refractivity contribution in [3.05, 3.63) is 29.3 Å². The zero-order valence-corrected chi connectivity index (χ0v) is 13.4. The predicted octanol–water partition coefficient (Wildman–Crippen LogP) is 3.15. The highest BCUT2D eigenvalue weighted by Crippen LogP contribution is 2.34. The van der Waals surface area contributed by atoms with E-state index in [2.05, 4.69) is 0 Å². The van der Waals surface area contributed by atoms with Crippen molar-refractivity contribution in [2.75, 3.05) is 18.8 Å². The van der Waals surface area contributed by atoms with Crippen molar-refractivity contribution < 1.29 is 14.7 Å². The molecule has 1 aliphatic heterocycles. The number of carboxylic acid groups (broad SMARTS) is 1. The van der Waals surface area contributed by atoms with Crippen LogP contribution in [0.3, 0.4) is 0 Å². The Labute approximate surface area is 133 Å². The molecule has 1 amide bonds. The van der Waals surface area contributed by atoms with Crippen LogP contribution in [0.1, 0.15) is 19.8 Å². The smallest absolute Gasteiger partial charge is 0.311 e. The monoisotopic (exact) mass is 327 g/mol. The molecule has 1 N–H and O–H groups in total. The number of carboxylic acids is 1. The minimum atomic E-state index is -0.800. The number of likely N-dealkylation sites (tertiary alicyclic amines) is 1. The number of rotatable bonds is 5. The fourth-order valence-corrected chi connectivity index (χ4v) is 3.39. The topological polar surface area (TPSA) is 57.6 Å². The third kappa shape index (κ3) is 3.71. The van der Waals surface area contributed by atoms with Gasteiger partial charge in [-0.15, -0.1) is 11.8 Å². The van der Waals surface area contributed by atoms with Crippen molar-refractivity contribution in [2.45, 2.75) is 24.7 Å². The number of amides is 1. The van der Waals surface area contributed by atoms with Crippen molar-refractivity contribution in [1.29, 1.82) is 0 Å². The standard InChI is InChI=1S/C15H18ClNO3S/c1-2-15(14(19)20)7-8-17(10-15)13(18)9-21-12-5-3-11(16)4-6-12/h3-6H,2,7-10H2,1H3,(H,19,20). The van der Waals surface area contributed by atoms with E-state index < -0.39 is 11.4 Å². The fourth-order valence-electron chi connectivity index (χ4n) is 2.47. The van der Waals surface area contributed by atoms with Gasteiger partial charge in [0.1, 0.15) is 0 Å². The van der Waals surface area contributed by atoms with E-state index >= 15 is 0 Å². The van der Waals surface area contributed by atoms with Gasteiger partial charge in [0, 0.05) is 23.0 Å². The normalized spacial score (nSPS) is 21.5. The number of nitrogens with zero attached hydrogens (tertiary/aromatic N) is 1. The van der Waals surface area contributed by atoms with Crippen LogP contribution in [0, 0.1) is 5.41 Å². The van der Waals surface area contributed by atoms with Crippen LogP contribution >= 0.6 is 23.4 Å². The van der Waals surface area contributed by atoms with Crippen LogP contribution in [0.25, 0.3) is 0 Å². The molecule has 0 spiro atoms. The molecule has 1 atom stereocenters. The van der Waals surface area contributed by atoms with Gasteiger partial charge in [-0.1, -0.05) is 18.5 Å². The molecule has 0 radical (unpaired) electrons. The lowest BCUT2D eigenvalue weighted by Gasteiger charge is -2.23. The van der Waals surface area contributed by atoms with Gasteiger partial charge in [-0.05, 0) is 37.1 Å². The summed E-state index contributed by atoms with van der Waals surface area (Å²) < 4.78 is 0. The number of carbonyl (C=O) groups excluding carboxylic acids is 1. The van der Waals surface area contributed by atoms with E-state index in [1.807, 2.05) is 19.1 Å². The minimum Gasteiger partial charge on any atom is -0.481 e. The number of carbonyl (C=O) groups is 2. The van der Waals surface area contributed by atoms with E-state index in [0.29, 0.717) is 36.7 Å². The van der Waals surface area contributed by atoms with Gasteiger partial charge < -0.3 is 10.0 Å². The molecule has 114 valence electrons. The number of aliphatic carboxylic acids is 1. The Morgan fingerprint density at radius 3 is 2.57 bits per heavy atom. The van der Waals surface area contributed by atoms with Crippen LogP contribution in [-0.2, 0) is 9.59 Å². The second kappa shape index (κ2) is 6.71. The Morgan fingerprint density at radius 1 is 1.38 bits per heavy atom. The Bertz CT molecular complexity index is 534. The minimum absolute atomic E-state index is 0.00785. The van der Waals surface area contributed by atoms with Crippen LogP contribution in [0.5, 0.6) is 0 Å². The molecular formula is C15H18ClNO3S. The molecule has 1 unspecified atom stereocenters. The van der Waals surface area contributed by atoms with Gasteiger partial charge in [0.2, 0.25) is 5.91 Å². The van der Waals surface area contributed by atoms with E-state index in [1.165, 1.54) is 11.8 Å². The first-order chi connectivity index (χ1) is 9.97. The van der Waals surface area contributed by atoms with E-state index in [9.17, 15) is 14.7 Å². The average Bonchev–Trinajstić information content (AvgIpc) is 2.92. The first-order valence-electron chi connectivity index (χ1n) is 6.86. The third-order valence-electron chi connectivity index (χ3n) is 4.01. The van der Waals surface area contributed by atoms with E-state index in [0.717, 1.165) is 4.90 Å². The van der Waals surface area contributed by atoms with Gasteiger partial charge in [0.05, 0.1) is 11.2 Å². The van der Waals surface area contributed by atoms with Crippen molar-refractivity contribution in [3.63, 3.8) is 0 Å². The second-order valence-electron chi connectivity index (χ2n) is 5.25. The number of hydrogen-bond donors (Lipinski definition) is 1. The summed E-state index contributed by atoms with van der Waals surface area (Å²) in [6.07, 6.45) is 1.09. The number of halogens is 1. The molecule has 0 aliphatic carbocycles. The summed E-state index contributed by atoms with van der Waals surface area (Å²) in [6.45, 7) is 2.71. The molecule has 1 aromatic rings. The molecular weight excluding hydrogens is 310 g/mol. The zero-order chi connectivity index (χ0) is 15.5. The van der Waals surface area contributed by atoms with Crippen LogP contribution in [0.4, 0.5) is 0 Å². The Balaban J connectivity index is 1.90. The maximum atomic E-state index is 12.2. The highest BCUT2D eigenvalue weighted by atomic mass is 35.5. The molecule has 1 heterocycles. The van der Waals surface area contributed by atoms with Gasteiger partial charge >= 0.3 is 5.97 Å². The lowest BCUT2D eigenvalue weighted by atomic mass is 9.84. The maximum absolute atomic E-state index is 12.2. The maximum Gasteiger partial charge on any atom is 0.311 e. The average molecular weight is 328 g/mol. The summed E-state index contributed by atoms with van der Waals surface area (Å²) in [6, 6.07) is 7.32. The van der Waals surface area contributed by atoms with Crippen LogP contribution < -0.4 is 0 Å². The zero-order valence-electron chi connectivity index (χ0n) is 11.8. The van der Waals surface area contributed by atoms with E-state index in [1.54, 1.807) is 17.0 Å². The number of benzene rings is 1. The molecule has 1 fully saturated rings. The van der Waals surface area contributed by atoms with Crippen molar-refractivity contribution in [2.24, 2.45) is 5.41 Å².